The molecular formula is C24H27N3O2S. The summed E-state index contributed by atoms with van der Waals surface area (Å²) in [6, 6.07) is 15.8. The largest absolute Gasteiger partial charge is 0.495 e. The summed E-state index contributed by atoms with van der Waals surface area (Å²) in [5.41, 5.74) is 4.05. The standard InChI is InChI=1S/C24H27N3O2S/c1-17-10-12-19(13-11-17)20-16-30-24(25-20)27(21-8-4-5-9-22(21)29-3)18(2)23(28)26-14-6-7-15-26/h4-5,8-13,16,18H,6-7,14-15H2,1-3H3. The van der Waals surface area contributed by atoms with Crippen LogP contribution in [0.5, 0.6) is 5.75 Å². The van der Waals surface area contributed by atoms with Crippen LogP contribution in [0.1, 0.15) is 25.3 Å². The highest BCUT2D eigenvalue weighted by Crippen LogP contribution is 2.39. The normalized spacial score (nSPS) is 14.6. The van der Waals surface area contributed by atoms with Crippen LogP contribution >= 0.6 is 11.3 Å². The molecule has 2 aromatic carbocycles. The number of hydrogen-bond donors (Lipinski definition) is 0. The Hall–Kier alpha value is -2.86. The Morgan fingerprint density at radius 2 is 1.83 bits per heavy atom. The Kier molecular flexibility index (Phi) is 6.04. The Morgan fingerprint density at radius 3 is 2.53 bits per heavy atom. The molecule has 30 heavy (non-hydrogen) atoms. The molecule has 1 amide bonds. The van der Waals surface area contributed by atoms with Crippen LogP contribution in [0.25, 0.3) is 11.3 Å². The minimum absolute atomic E-state index is 0.130. The number of aryl methyl sites for hydroxylation is 1. The third-order valence-electron chi connectivity index (χ3n) is 5.55. The van der Waals surface area contributed by atoms with Crippen molar-refractivity contribution in [2.45, 2.75) is 32.7 Å². The SMILES string of the molecule is COc1ccccc1N(c1nc(-c2ccc(C)cc2)cs1)C(C)C(=O)N1CCCC1. The number of nitrogens with zero attached hydrogens (tertiary/aromatic N) is 3. The first-order valence-electron chi connectivity index (χ1n) is 10.3. The van der Waals surface area contributed by atoms with Crippen LogP contribution in [-0.2, 0) is 4.79 Å². The number of rotatable bonds is 6. The molecule has 1 fully saturated rings. The summed E-state index contributed by atoms with van der Waals surface area (Å²) in [7, 11) is 1.66. The molecule has 6 heteroatoms. The van der Waals surface area contributed by atoms with Crippen LogP contribution in [0.3, 0.4) is 0 Å². The van der Waals surface area contributed by atoms with E-state index >= 15 is 0 Å². The van der Waals surface area contributed by atoms with Crippen molar-refractivity contribution in [3.63, 3.8) is 0 Å². The molecule has 0 N–H and O–H groups in total. The van der Waals surface area contributed by atoms with Gasteiger partial charge in [0, 0.05) is 24.0 Å². The molecule has 1 aliphatic heterocycles. The van der Waals surface area contributed by atoms with E-state index in [1.165, 1.54) is 5.56 Å². The van der Waals surface area contributed by atoms with Crippen molar-refractivity contribution >= 4 is 28.1 Å². The van der Waals surface area contributed by atoms with E-state index in [-0.39, 0.29) is 11.9 Å². The highest BCUT2D eigenvalue weighted by Gasteiger charge is 2.32. The first-order chi connectivity index (χ1) is 14.6. The molecule has 0 bridgehead atoms. The lowest BCUT2D eigenvalue weighted by atomic mass is 10.1. The molecule has 4 rings (SSSR count). The number of benzene rings is 2. The molecule has 0 aliphatic carbocycles. The summed E-state index contributed by atoms with van der Waals surface area (Å²) in [6.07, 6.45) is 2.14. The smallest absolute Gasteiger partial charge is 0.245 e. The molecule has 156 valence electrons. The number of carbonyl (C=O) groups excluding carboxylic acids is 1. The van der Waals surface area contributed by atoms with Gasteiger partial charge in [-0.15, -0.1) is 11.3 Å². The lowest BCUT2D eigenvalue weighted by Gasteiger charge is -2.31. The summed E-state index contributed by atoms with van der Waals surface area (Å²) >= 11 is 1.55. The second-order valence-corrected chi connectivity index (χ2v) is 8.47. The number of aromatic nitrogens is 1. The summed E-state index contributed by atoms with van der Waals surface area (Å²) < 4.78 is 5.62. The lowest BCUT2D eigenvalue weighted by Crippen LogP contribution is -2.44. The average Bonchev–Trinajstić information content (AvgIpc) is 3.47. The van der Waals surface area contributed by atoms with Crippen LogP contribution in [0, 0.1) is 6.92 Å². The van der Waals surface area contributed by atoms with Crippen molar-refractivity contribution < 1.29 is 9.53 Å². The Balaban J connectivity index is 1.73. The zero-order chi connectivity index (χ0) is 21.1. The van der Waals surface area contributed by atoms with Crippen LogP contribution in [-0.4, -0.2) is 42.0 Å². The van der Waals surface area contributed by atoms with E-state index < -0.39 is 0 Å². The van der Waals surface area contributed by atoms with E-state index in [1.807, 2.05) is 41.0 Å². The molecule has 0 saturated carbocycles. The maximum atomic E-state index is 13.3. The second-order valence-electron chi connectivity index (χ2n) is 7.63. The first kappa shape index (κ1) is 20.4. The van der Waals surface area contributed by atoms with Gasteiger partial charge in [-0.1, -0.05) is 42.0 Å². The number of carbonyl (C=O) groups is 1. The van der Waals surface area contributed by atoms with E-state index in [1.54, 1.807) is 18.4 Å². The van der Waals surface area contributed by atoms with Gasteiger partial charge in [0.05, 0.1) is 18.5 Å². The van der Waals surface area contributed by atoms with Gasteiger partial charge in [-0.2, -0.15) is 0 Å². The molecule has 0 radical (unpaired) electrons. The molecular weight excluding hydrogens is 394 g/mol. The van der Waals surface area contributed by atoms with E-state index in [0.29, 0.717) is 0 Å². The van der Waals surface area contributed by atoms with E-state index in [0.717, 1.165) is 53.8 Å². The summed E-state index contributed by atoms with van der Waals surface area (Å²) in [5, 5.41) is 2.84. The summed E-state index contributed by atoms with van der Waals surface area (Å²) in [6.45, 7) is 5.69. The second kappa shape index (κ2) is 8.88. The fourth-order valence-electron chi connectivity index (χ4n) is 3.85. The van der Waals surface area contributed by atoms with Crippen molar-refractivity contribution in [2.75, 3.05) is 25.1 Å². The van der Waals surface area contributed by atoms with Crippen LogP contribution < -0.4 is 9.64 Å². The molecule has 1 atom stereocenters. The minimum atomic E-state index is -0.378. The van der Waals surface area contributed by atoms with Crippen molar-refractivity contribution in [1.29, 1.82) is 0 Å². The van der Waals surface area contributed by atoms with Gasteiger partial charge in [0.15, 0.2) is 5.13 Å². The summed E-state index contributed by atoms with van der Waals surface area (Å²) in [5.74, 6) is 0.858. The maximum Gasteiger partial charge on any atom is 0.245 e. The van der Waals surface area contributed by atoms with Crippen molar-refractivity contribution in [3.8, 4) is 17.0 Å². The Bertz CT molecular complexity index is 1010. The fraction of sp³-hybridized carbons (Fsp3) is 0.333. The third-order valence-corrected chi connectivity index (χ3v) is 6.39. The van der Waals surface area contributed by atoms with Crippen LogP contribution in [0.2, 0.25) is 0 Å². The van der Waals surface area contributed by atoms with Gasteiger partial charge in [0.1, 0.15) is 11.8 Å². The number of ether oxygens (including phenoxy) is 1. The van der Waals surface area contributed by atoms with Gasteiger partial charge >= 0.3 is 0 Å². The highest BCUT2D eigenvalue weighted by atomic mass is 32.1. The van der Waals surface area contributed by atoms with Crippen LogP contribution in [0.4, 0.5) is 10.8 Å². The van der Waals surface area contributed by atoms with E-state index in [4.69, 9.17) is 9.72 Å². The molecule has 1 saturated heterocycles. The number of likely N-dealkylation sites (tertiary alicyclic amines) is 1. The predicted molar refractivity (Wildman–Crippen MR) is 123 cm³/mol. The van der Waals surface area contributed by atoms with Gasteiger partial charge in [0.2, 0.25) is 5.91 Å². The van der Waals surface area contributed by atoms with Crippen molar-refractivity contribution in [3.05, 3.63) is 59.5 Å². The number of para-hydroxylation sites is 2. The van der Waals surface area contributed by atoms with Gasteiger partial charge in [-0.05, 0) is 38.8 Å². The average molecular weight is 422 g/mol. The van der Waals surface area contributed by atoms with E-state index in [2.05, 4.69) is 36.6 Å². The molecule has 1 unspecified atom stereocenters. The molecule has 1 aliphatic rings. The Morgan fingerprint density at radius 1 is 1.13 bits per heavy atom. The molecule has 2 heterocycles. The lowest BCUT2D eigenvalue weighted by molar-refractivity contribution is -0.131. The monoisotopic (exact) mass is 421 g/mol. The molecule has 3 aromatic rings. The fourth-order valence-corrected chi connectivity index (χ4v) is 4.78. The minimum Gasteiger partial charge on any atom is -0.495 e. The predicted octanol–water partition coefficient (Wildman–Crippen LogP) is 5.28. The number of amides is 1. The van der Waals surface area contributed by atoms with Crippen molar-refractivity contribution in [2.24, 2.45) is 0 Å². The molecule has 0 spiro atoms. The van der Waals surface area contributed by atoms with Gasteiger partial charge in [0.25, 0.3) is 0 Å². The summed E-state index contributed by atoms with van der Waals surface area (Å²) in [4.78, 5) is 22.2. The van der Waals surface area contributed by atoms with Crippen LogP contribution in [0.15, 0.2) is 53.9 Å². The first-order valence-corrected chi connectivity index (χ1v) is 11.2. The van der Waals surface area contributed by atoms with Crippen molar-refractivity contribution in [1.82, 2.24) is 9.88 Å². The maximum absolute atomic E-state index is 13.3. The van der Waals surface area contributed by atoms with Gasteiger partial charge in [-0.25, -0.2) is 4.98 Å². The number of methoxy groups -OCH3 is 1. The third kappa shape index (κ3) is 4.05. The Labute approximate surface area is 181 Å². The van der Waals surface area contributed by atoms with E-state index in [9.17, 15) is 4.79 Å². The zero-order valence-corrected chi connectivity index (χ0v) is 18.5. The topological polar surface area (TPSA) is 45.7 Å². The highest BCUT2D eigenvalue weighted by molar-refractivity contribution is 7.14. The van der Waals surface area contributed by atoms with Gasteiger partial charge in [-0.3, -0.25) is 4.79 Å². The quantitative estimate of drug-likeness (QED) is 0.543. The molecule has 1 aromatic heterocycles. The zero-order valence-electron chi connectivity index (χ0n) is 17.7. The number of hydrogen-bond acceptors (Lipinski definition) is 5. The number of anilines is 2. The number of thiazole rings is 1. The van der Waals surface area contributed by atoms with Gasteiger partial charge < -0.3 is 14.5 Å². The molecule has 5 nitrogen and oxygen atoms in total.